The molecule has 0 amide bonds. The smallest absolute Gasteiger partial charge is 0.0710 e. The zero-order valence-corrected chi connectivity index (χ0v) is 10.1. The molecular formula is C12H24N2O. The molecule has 2 aliphatic rings. The van der Waals surface area contributed by atoms with Crippen molar-refractivity contribution in [2.45, 2.75) is 44.2 Å². The van der Waals surface area contributed by atoms with Gasteiger partial charge in [0.2, 0.25) is 0 Å². The summed E-state index contributed by atoms with van der Waals surface area (Å²) in [6, 6.07) is 0. The van der Waals surface area contributed by atoms with Crippen molar-refractivity contribution in [2.24, 2.45) is 0 Å². The van der Waals surface area contributed by atoms with Crippen molar-refractivity contribution >= 4 is 0 Å². The molecule has 0 saturated carbocycles. The first kappa shape index (κ1) is 11.4. The summed E-state index contributed by atoms with van der Waals surface area (Å²) in [6.45, 7) is 7.07. The molecule has 2 saturated heterocycles. The van der Waals surface area contributed by atoms with Crippen LogP contribution in [0.25, 0.3) is 0 Å². The summed E-state index contributed by atoms with van der Waals surface area (Å²) in [4.78, 5) is 2.55. The second-order valence-corrected chi connectivity index (χ2v) is 5.33. The van der Waals surface area contributed by atoms with Crippen LogP contribution in [0.4, 0.5) is 0 Å². The van der Waals surface area contributed by atoms with Gasteiger partial charge in [-0.1, -0.05) is 6.42 Å². The van der Waals surface area contributed by atoms with Gasteiger partial charge in [-0.05, 0) is 32.7 Å². The van der Waals surface area contributed by atoms with Crippen LogP contribution in [0.3, 0.4) is 0 Å². The third-order valence-electron chi connectivity index (χ3n) is 3.84. The van der Waals surface area contributed by atoms with Crippen LogP contribution in [-0.4, -0.2) is 49.8 Å². The van der Waals surface area contributed by atoms with Crippen LogP contribution in [0.1, 0.15) is 32.6 Å². The van der Waals surface area contributed by atoms with Crippen molar-refractivity contribution in [2.75, 3.05) is 33.3 Å². The summed E-state index contributed by atoms with van der Waals surface area (Å²) < 4.78 is 5.40. The highest BCUT2D eigenvalue weighted by Gasteiger charge is 2.31. The summed E-state index contributed by atoms with van der Waals surface area (Å²) in [5.74, 6) is 0. The Morgan fingerprint density at radius 1 is 1.47 bits per heavy atom. The lowest BCUT2D eigenvalue weighted by Gasteiger charge is -2.38. The number of piperidine rings is 1. The summed E-state index contributed by atoms with van der Waals surface area (Å²) in [7, 11) is 1.83. The summed E-state index contributed by atoms with van der Waals surface area (Å²) in [5, 5.41) is 3.67. The molecule has 2 unspecified atom stereocenters. The second-order valence-electron chi connectivity index (χ2n) is 5.33. The molecular weight excluding hydrogens is 188 g/mol. The first-order valence-corrected chi connectivity index (χ1v) is 6.22. The standard InChI is InChI=1S/C12H24N2O/c1-12(6-3-4-7-13-12)10-14-8-5-11(9-14)15-2/h11,13H,3-10H2,1-2H3. The zero-order valence-electron chi connectivity index (χ0n) is 10.1. The van der Waals surface area contributed by atoms with E-state index in [0.717, 1.165) is 6.54 Å². The highest BCUT2D eigenvalue weighted by molar-refractivity contribution is 4.91. The predicted octanol–water partition coefficient (Wildman–Crippen LogP) is 1.24. The van der Waals surface area contributed by atoms with Gasteiger partial charge in [-0.25, -0.2) is 0 Å². The minimum absolute atomic E-state index is 0.348. The third kappa shape index (κ3) is 2.92. The van der Waals surface area contributed by atoms with E-state index >= 15 is 0 Å². The van der Waals surface area contributed by atoms with Crippen LogP contribution in [0, 0.1) is 0 Å². The van der Waals surface area contributed by atoms with E-state index in [2.05, 4.69) is 17.1 Å². The Morgan fingerprint density at radius 3 is 2.93 bits per heavy atom. The van der Waals surface area contributed by atoms with Gasteiger partial charge in [-0.15, -0.1) is 0 Å². The SMILES string of the molecule is COC1CCN(CC2(C)CCCCN2)C1. The van der Waals surface area contributed by atoms with E-state index in [4.69, 9.17) is 4.74 Å². The van der Waals surface area contributed by atoms with Gasteiger partial charge < -0.3 is 10.1 Å². The molecule has 0 aromatic rings. The Bertz CT molecular complexity index is 202. The Balaban J connectivity index is 1.80. The van der Waals surface area contributed by atoms with E-state index in [1.807, 2.05) is 7.11 Å². The molecule has 3 nitrogen and oxygen atoms in total. The molecule has 0 aromatic heterocycles. The maximum Gasteiger partial charge on any atom is 0.0710 e. The van der Waals surface area contributed by atoms with E-state index < -0.39 is 0 Å². The first-order valence-electron chi connectivity index (χ1n) is 6.22. The van der Waals surface area contributed by atoms with Crippen molar-refractivity contribution < 1.29 is 4.74 Å². The molecule has 3 heteroatoms. The van der Waals surface area contributed by atoms with Crippen molar-refractivity contribution in [3.05, 3.63) is 0 Å². The van der Waals surface area contributed by atoms with Crippen molar-refractivity contribution in [1.29, 1.82) is 0 Å². The maximum absolute atomic E-state index is 5.40. The minimum Gasteiger partial charge on any atom is -0.380 e. The molecule has 2 atom stereocenters. The van der Waals surface area contributed by atoms with Crippen LogP contribution in [0.15, 0.2) is 0 Å². The van der Waals surface area contributed by atoms with E-state index in [9.17, 15) is 0 Å². The Labute approximate surface area is 93.2 Å². The fourth-order valence-electron chi connectivity index (χ4n) is 2.88. The molecule has 0 spiro atoms. The number of methoxy groups -OCH3 is 1. The van der Waals surface area contributed by atoms with Crippen LogP contribution in [0.5, 0.6) is 0 Å². The van der Waals surface area contributed by atoms with Crippen LogP contribution in [-0.2, 0) is 4.74 Å². The number of ether oxygens (including phenoxy) is 1. The van der Waals surface area contributed by atoms with Gasteiger partial charge in [0.05, 0.1) is 6.10 Å². The topological polar surface area (TPSA) is 24.5 Å². The van der Waals surface area contributed by atoms with Gasteiger partial charge >= 0.3 is 0 Å². The summed E-state index contributed by atoms with van der Waals surface area (Å²) in [6.07, 6.45) is 5.71. The fourth-order valence-corrected chi connectivity index (χ4v) is 2.88. The highest BCUT2D eigenvalue weighted by atomic mass is 16.5. The van der Waals surface area contributed by atoms with Gasteiger partial charge in [-0.3, -0.25) is 4.90 Å². The second kappa shape index (κ2) is 4.81. The lowest BCUT2D eigenvalue weighted by Crippen LogP contribution is -2.53. The van der Waals surface area contributed by atoms with Gasteiger partial charge in [0, 0.05) is 32.3 Å². The molecule has 2 fully saturated rings. The Kier molecular flexibility index (Phi) is 3.65. The number of likely N-dealkylation sites (tertiary alicyclic amines) is 1. The number of nitrogens with zero attached hydrogens (tertiary/aromatic N) is 1. The third-order valence-corrected chi connectivity index (χ3v) is 3.84. The van der Waals surface area contributed by atoms with Crippen LogP contribution in [0.2, 0.25) is 0 Å². The first-order chi connectivity index (χ1) is 7.22. The molecule has 2 heterocycles. The molecule has 0 aliphatic carbocycles. The fraction of sp³-hybridized carbons (Fsp3) is 1.00. The van der Waals surface area contributed by atoms with Crippen molar-refractivity contribution in [1.82, 2.24) is 10.2 Å². The number of hydrogen-bond acceptors (Lipinski definition) is 3. The van der Waals surface area contributed by atoms with Gasteiger partial charge in [0.15, 0.2) is 0 Å². The minimum atomic E-state index is 0.348. The normalized spacial score (nSPS) is 38.4. The quantitative estimate of drug-likeness (QED) is 0.762. The summed E-state index contributed by atoms with van der Waals surface area (Å²) in [5.41, 5.74) is 0.348. The Morgan fingerprint density at radius 2 is 2.33 bits per heavy atom. The number of rotatable bonds is 3. The van der Waals surface area contributed by atoms with Crippen molar-refractivity contribution in [3.63, 3.8) is 0 Å². The molecule has 15 heavy (non-hydrogen) atoms. The molecule has 2 rings (SSSR count). The van der Waals surface area contributed by atoms with Crippen LogP contribution < -0.4 is 5.32 Å². The molecule has 0 radical (unpaired) electrons. The van der Waals surface area contributed by atoms with E-state index in [1.165, 1.54) is 45.3 Å². The largest absolute Gasteiger partial charge is 0.380 e. The average Bonchev–Trinajstić information content (AvgIpc) is 2.66. The molecule has 1 N–H and O–H groups in total. The van der Waals surface area contributed by atoms with E-state index in [-0.39, 0.29) is 0 Å². The maximum atomic E-state index is 5.40. The highest BCUT2D eigenvalue weighted by Crippen LogP contribution is 2.22. The predicted molar refractivity (Wildman–Crippen MR) is 62.1 cm³/mol. The average molecular weight is 212 g/mol. The van der Waals surface area contributed by atoms with Crippen molar-refractivity contribution in [3.8, 4) is 0 Å². The molecule has 0 bridgehead atoms. The lowest BCUT2D eigenvalue weighted by atomic mass is 9.90. The van der Waals surface area contributed by atoms with E-state index in [1.54, 1.807) is 0 Å². The van der Waals surface area contributed by atoms with Gasteiger partial charge in [0.1, 0.15) is 0 Å². The number of hydrogen-bond donors (Lipinski definition) is 1. The monoisotopic (exact) mass is 212 g/mol. The van der Waals surface area contributed by atoms with Crippen LogP contribution >= 0.6 is 0 Å². The summed E-state index contributed by atoms with van der Waals surface area (Å²) >= 11 is 0. The number of nitrogens with one attached hydrogen (secondary N) is 1. The molecule has 0 aromatic carbocycles. The zero-order chi connectivity index (χ0) is 10.7. The lowest BCUT2D eigenvalue weighted by molar-refractivity contribution is 0.100. The molecule has 2 aliphatic heterocycles. The molecule has 88 valence electrons. The van der Waals surface area contributed by atoms with E-state index in [0.29, 0.717) is 11.6 Å². The van der Waals surface area contributed by atoms with Gasteiger partial charge in [-0.2, -0.15) is 0 Å². The Hall–Kier alpha value is -0.120. The van der Waals surface area contributed by atoms with Gasteiger partial charge in [0.25, 0.3) is 0 Å².